The molecule has 0 amide bonds. The molecule has 0 atom stereocenters. The van der Waals surface area contributed by atoms with Crippen molar-refractivity contribution in [1.82, 2.24) is 0 Å². The summed E-state index contributed by atoms with van der Waals surface area (Å²) in [6, 6.07) is 12.2. The minimum absolute atomic E-state index is 0.0123. The summed E-state index contributed by atoms with van der Waals surface area (Å²) in [6.45, 7) is 0. The van der Waals surface area contributed by atoms with Crippen LogP contribution in [0.1, 0.15) is 5.56 Å². The van der Waals surface area contributed by atoms with Gasteiger partial charge in [0, 0.05) is 9.79 Å². The van der Waals surface area contributed by atoms with Gasteiger partial charge in [0.2, 0.25) is 0 Å². The van der Waals surface area contributed by atoms with Crippen LogP contribution >= 0.6 is 11.8 Å². The van der Waals surface area contributed by atoms with Crippen LogP contribution in [0.2, 0.25) is 0 Å². The molecule has 0 aliphatic rings. The van der Waals surface area contributed by atoms with E-state index in [1.54, 1.807) is 18.2 Å². The van der Waals surface area contributed by atoms with Crippen LogP contribution in [-0.2, 0) is 0 Å². The van der Waals surface area contributed by atoms with Gasteiger partial charge in [0.25, 0.3) is 0 Å². The molecular formula is C13H7F2NS. The lowest BCUT2D eigenvalue weighted by Gasteiger charge is -2.04. The maximum atomic E-state index is 13.3. The lowest BCUT2D eigenvalue weighted by molar-refractivity contribution is 0.619. The lowest BCUT2D eigenvalue weighted by Crippen LogP contribution is -1.87. The molecule has 2 rings (SSSR count). The third-order valence-electron chi connectivity index (χ3n) is 2.11. The number of rotatable bonds is 2. The van der Waals surface area contributed by atoms with Crippen LogP contribution in [0, 0.1) is 23.0 Å². The normalized spacial score (nSPS) is 9.94. The molecule has 0 aromatic heterocycles. The first-order valence-electron chi connectivity index (χ1n) is 4.83. The van der Waals surface area contributed by atoms with Crippen molar-refractivity contribution in [2.75, 3.05) is 0 Å². The van der Waals surface area contributed by atoms with Gasteiger partial charge in [-0.05, 0) is 30.3 Å². The number of nitriles is 1. The van der Waals surface area contributed by atoms with E-state index in [1.807, 2.05) is 6.07 Å². The van der Waals surface area contributed by atoms with Crippen molar-refractivity contribution in [3.05, 3.63) is 59.7 Å². The molecule has 0 aliphatic heterocycles. The molecule has 4 heteroatoms. The second kappa shape index (κ2) is 4.98. The molecule has 0 radical (unpaired) electrons. The molecule has 0 unspecified atom stereocenters. The number of hydrogen-bond acceptors (Lipinski definition) is 2. The summed E-state index contributed by atoms with van der Waals surface area (Å²) in [5.41, 5.74) is -0.0123. The first kappa shape index (κ1) is 11.6. The van der Waals surface area contributed by atoms with Crippen LogP contribution in [0.5, 0.6) is 0 Å². The van der Waals surface area contributed by atoms with Crippen LogP contribution in [-0.4, -0.2) is 0 Å². The van der Waals surface area contributed by atoms with Gasteiger partial charge in [-0.1, -0.05) is 23.9 Å². The van der Waals surface area contributed by atoms with Crippen molar-refractivity contribution >= 4 is 11.8 Å². The maximum Gasteiger partial charge on any atom is 0.142 e. The fraction of sp³-hybridized carbons (Fsp3) is 0. The third-order valence-corrected chi connectivity index (χ3v) is 3.16. The fourth-order valence-electron chi connectivity index (χ4n) is 1.36. The Morgan fingerprint density at radius 3 is 2.53 bits per heavy atom. The van der Waals surface area contributed by atoms with E-state index < -0.39 is 5.82 Å². The molecule has 0 N–H and O–H groups in total. The van der Waals surface area contributed by atoms with E-state index in [2.05, 4.69) is 0 Å². The monoisotopic (exact) mass is 247 g/mol. The Bertz CT molecular complexity index is 590. The van der Waals surface area contributed by atoms with Crippen LogP contribution in [0.3, 0.4) is 0 Å². The standard InChI is InChI=1S/C13H7F2NS/c14-9-3-1-4-10(7-9)17-13-6-2-5-12(15)11(13)8-16/h1-7H. The Labute approximate surface area is 102 Å². The molecule has 2 aromatic carbocycles. The summed E-state index contributed by atoms with van der Waals surface area (Å²) >= 11 is 1.16. The van der Waals surface area contributed by atoms with Crippen molar-refractivity contribution < 1.29 is 8.78 Å². The summed E-state index contributed by atoms with van der Waals surface area (Å²) < 4.78 is 26.3. The quantitative estimate of drug-likeness (QED) is 0.801. The molecule has 2 aromatic rings. The SMILES string of the molecule is N#Cc1c(F)cccc1Sc1cccc(F)c1. The van der Waals surface area contributed by atoms with E-state index in [0.29, 0.717) is 9.79 Å². The Hall–Kier alpha value is -1.86. The zero-order valence-electron chi connectivity index (χ0n) is 8.65. The maximum absolute atomic E-state index is 13.3. The minimum Gasteiger partial charge on any atom is -0.207 e. The predicted molar refractivity (Wildman–Crippen MR) is 61.6 cm³/mol. The summed E-state index contributed by atoms with van der Waals surface area (Å²) in [4.78, 5) is 1.12. The van der Waals surface area contributed by atoms with Crippen LogP contribution in [0.4, 0.5) is 8.78 Å². The predicted octanol–water partition coefficient (Wildman–Crippen LogP) is 3.99. The molecule has 0 aliphatic carbocycles. The summed E-state index contributed by atoms with van der Waals surface area (Å²) in [6.07, 6.45) is 0. The van der Waals surface area contributed by atoms with E-state index in [4.69, 9.17) is 5.26 Å². The van der Waals surface area contributed by atoms with Crippen molar-refractivity contribution in [3.8, 4) is 6.07 Å². The molecule has 84 valence electrons. The molecule has 0 spiro atoms. The van der Waals surface area contributed by atoms with Gasteiger partial charge in [0.15, 0.2) is 0 Å². The largest absolute Gasteiger partial charge is 0.207 e. The van der Waals surface area contributed by atoms with Crippen molar-refractivity contribution in [3.63, 3.8) is 0 Å². The Kier molecular flexibility index (Phi) is 3.40. The highest BCUT2D eigenvalue weighted by Crippen LogP contribution is 2.31. The van der Waals surface area contributed by atoms with E-state index in [1.165, 1.54) is 24.3 Å². The fourth-order valence-corrected chi connectivity index (χ4v) is 2.32. The highest BCUT2D eigenvalue weighted by atomic mass is 32.2. The topological polar surface area (TPSA) is 23.8 Å². The van der Waals surface area contributed by atoms with Gasteiger partial charge >= 0.3 is 0 Å². The van der Waals surface area contributed by atoms with Gasteiger partial charge in [-0.2, -0.15) is 5.26 Å². The van der Waals surface area contributed by atoms with Gasteiger partial charge < -0.3 is 0 Å². The summed E-state index contributed by atoms with van der Waals surface area (Å²) in [7, 11) is 0. The molecule has 1 nitrogen and oxygen atoms in total. The Morgan fingerprint density at radius 2 is 1.82 bits per heavy atom. The molecule has 0 saturated heterocycles. The zero-order valence-corrected chi connectivity index (χ0v) is 9.47. The van der Waals surface area contributed by atoms with E-state index in [0.717, 1.165) is 11.8 Å². The van der Waals surface area contributed by atoms with Crippen molar-refractivity contribution in [2.45, 2.75) is 9.79 Å². The first-order valence-corrected chi connectivity index (χ1v) is 5.64. The first-order chi connectivity index (χ1) is 8.20. The second-order valence-corrected chi connectivity index (χ2v) is 4.40. The van der Waals surface area contributed by atoms with Gasteiger partial charge in [0.05, 0.1) is 0 Å². The van der Waals surface area contributed by atoms with Crippen LogP contribution in [0.25, 0.3) is 0 Å². The van der Waals surface area contributed by atoms with Gasteiger partial charge in [0.1, 0.15) is 23.3 Å². The van der Waals surface area contributed by atoms with Crippen molar-refractivity contribution in [1.29, 1.82) is 5.26 Å². The van der Waals surface area contributed by atoms with Gasteiger partial charge in [-0.3, -0.25) is 0 Å². The number of halogens is 2. The number of hydrogen-bond donors (Lipinski definition) is 0. The summed E-state index contributed by atoms with van der Waals surface area (Å²) in [5.74, 6) is -0.918. The molecule has 0 saturated carbocycles. The van der Waals surface area contributed by atoms with E-state index in [-0.39, 0.29) is 11.4 Å². The molecule has 0 heterocycles. The molecule has 0 fully saturated rings. The highest BCUT2D eigenvalue weighted by Gasteiger charge is 2.09. The third kappa shape index (κ3) is 2.63. The summed E-state index contributed by atoms with van der Waals surface area (Å²) in [5, 5.41) is 8.85. The van der Waals surface area contributed by atoms with Gasteiger partial charge in [-0.15, -0.1) is 0 Å². The number of benzene rings is 2. The van der Waals surface area contributed by atoms with E-state index >= 15 is 0 Å². The van der Waals surface area contributed by atoms with Gasteiger partial charge in [-0.25, -0.2) is 8.78 Å². The van der Waals surface area contributed by atoms with E-state index in [9.17, 15) is 8.78 Å². The minimum atomic E-state index is -0.561. The Balaban J connectivity index is 2.37. The molecular weight excluding hydrogens is 240 g/mol. The molecule has 0 bridgehead atoms. The smallest absolute Gasteiger partial charge is 0.142 e. The van der Waals surface area contributed by atoms with Crippen molar-refractivity contribution in [2.24, 2.45) is 0 Å². The lowest BCUT2D eigenvalue weighted by atomic mass is 10.2. The zero-order chi connectivity index (χ0) is 12.3. The second-order valence-electron chi connectivity index (χ2n) is 3.28. The van der Waals surface area contributed by atoms with Crippen LogP contribution in [0.15, 0.2) is 52.3 Å². The Morgan fingerprint density at radius 1 is 1.06 bits per heavy atom. The highest BCUT2D eigenvalue weighted by molar-refractivity contribution is 7.99. The molecule has 17 heavy (non-hydrogen) atoms. The number of nitrogens with zero attached hydrogens (tertiary/aromatic N) is 1. The average Bonchev–Trinajstić information content (AvgIpc) is 2.29. The average molecular weight is 247 g/mol. The van der Waals surface area contributed by atoms with Crippen LogP contribution < -0.4 is 0 Å².